The third-order valence-electron chi connectivity index (χ3n) is 2.70. The van der Waals surface area contributed by atoms with Crippen molar-refractivity contribution < 1.29 is 5.21 Å². The minimum Gasteiger partial charge on any atom is -0.427 e. The molecular weight excluding hydrogens is 321 g/mol. The van der Waals surface area contributed by atoms with Crippen LogP contribution in [-0.4, -0.2) is 33.9 Å². The lowest BCUT2D eigenvalue weighted by atomic mass is 10.2. The second-order valence-corrected chi connectivity index (χ2v) is 4.96. The summed E-state index contributed by atoms with van der Waals surface area (Å²) in [5.41, 5.74) is 2.41. The molecule has 20 heavy (non-hydrogen) atoms. The summed E-state index contributed by atoms with van der Waals surface area (Å²) >= 11 is 5.95. The molecule has 2 aromatic rings. The molecule has 0 bridgehead atoms. The predicted molar refractivity (Wildman–Crippen MR) is 86.5 cm³/mol. The molecule has 2 rings (SSSR count). The molecule has 1 aromatic heterocycles. The number of nitrogens with zero attached hydrogens (tertiary/aromatic N) is 3. The molecule has 1 heterocycles. The van der Waals surface area contributed by atoms with Gasteiger partial charge in [0, 0.05) is 17.1 Å². The lowest BCUT2D eigenvalue weighted by Gasteiger charge is -2.10. The summed E-state index contributed by atoms with van der Waals surface area (Å²) in [5, 5.41) is 10.8. The first-order valence-electron chi connectivity index (χ1n) is 5.67. The molecule has 7 heteroatoms. The van der Waals surface area contributed by atoms with Gasteiger partial charge >= 0.3 is 0 Å². The fourth-order valence-corrected chi connectivity index (χ4v) is 2.04. The van der Waals surface area contributed by atoms with Crippen molar-refractivity contribution in [2.45, 2.75) is 13.5 Å². The summed E-state index contributed by atoms with van der Waals surface area (Å²) in [6.45, 7) is 2.52. The van der Waals surface area contributed by atoms with Gasteiger partial charge in [-0.05, 0) is 33.2 Å². The highest BCUT2D eigenvalue weighted by atomic mass is 35.5. The zero-order valence-corrected chi connectivity index (χ0v) is 13.9. The van der Waals surface area contributed by atoms with Crippen molar-refractivity contribution in [3.63, 3.8) is 0 Å². The maximum atomic E-state index is 10.2. The van der Waals surface area contributed by atoms with Crippen LogP contribution in [-0.2, 0) is 6.54 Å². The highest BCUT2D eigenvalue weighted by Gasteiger charge is 2.15. The lowest BCUT2D eigenvalue weighted by molar-refractivity contribution is 0.172. The van der Waals surface area contributed by atoms with E-state index in [-0.39, 0.29) is 24.8 Å². The SMILES string of the molecule is Cc1nc(-c2cccc(Cl)c2)n(O)c1CN(C)C.Cl.Cl. The molecule has 0 radical (unpaired) electrons. The van der Waals surface area contributed by atoms with Gasteiger partial charge in [-0.1, -0.05) is 23.7 Å². The minimum absolute atomic E-state index is 0. The Labute approximate surface area is 136 Å². The summed E-state index contributed by atoms with van der Waals surface area (Å²) in [5.74, 6) is 0.520. The highest BCUT2D eigenvalue weighted by Crippen LogP contribution is 2.24. The number of aryl methyl sites for hydroxylation is 1. The molecule has 0 atom stereocenters. The Morgan fingerprint density at radius 3 is 2.50 bits per heavy atom. The van der Waals surface area contributed by atoms with Gasteiger partial charge in [0.05, 0.1) is 11.4 Å². The van der Waals surface area contributed by atoms with E-state index >= 15 is 0 Å². The number of hydrogen-bond acceptors (Lipinski definition) is 3. The van der Waals surface area contributed by atoms with Crippen LogP contribution in [0.5, 0.6) is 0 Å². The van der Waals surface area contributed by atoms with Crippen LogP contribution in [0.1, 0.15) is 11.4 Å². The second-order valence-electron chi connectivity index (χ2n) is 4.53. The second kappa shape index (κ2) is 7.74. The zero-order chi connectivity index (χ0) is 13.3. The average Bonchev–Trinajstić information content (AvgIpc) is 2.56. The Morgan fingerprint density at radius 1 is 1.30 bits per heavy atom. The van der Waals surface area contributed by atoms with Gasteiger partial charge in [0.1, 0.15) is 0 Å². The number of benzene rings is 1. The molecule has 0 aliphatic rings. The number of rotatable bonds is 3. The zero-order valence-electron chi connectivity index (χ0n) is 11.5. The largest absolute Gasteiger partial charge is 0.427 e. The van der Waals surface area contributed by atoms with E-state index in [1.54, 1.807) is 12.1 Å². The Bertz CT molecular complexity index is 570. The molecule has 0 saturated heterocycles. The first kappa shape index (κ1) is 19.1. The summed E-state index contributed by atoms with van der Waals surface area (Å²) < 4.78 is 1.14. The van der Waals surface area contributed by atoms with Crippen LogP contribution in [0, 0.1) is 6.92 Å². The van der Waals surface area contributed by atoms with E-state index in [2.05, 4.69) is 4.98 Å². The Balaban J connectivity index is 0.00000180. The Kier molecular flexibility index (Phi) is 7.38. The maximum Gasteiger partial charge on any atom is 0.175 e. The van der Waals surface area contributed by atoms with E-state index in [1.807, 2.05) is 38.1 Å². The Hall–Kier alpha value is -0.940. The van der Waals surface area contributed by atoms with Crippen molar-refractivity contribution >= 4 is 36.4 Å². The summed E-state index contributed by atoms with van der Waals surface area (Å²) in [6.07, 6.45) is 0. The van der Waals surface area contributed by atoms with Crippen molar-refractivity contribution in [3.05, 3.63) is 40.7 Å². The van der Waals surface area contributed by atoms with Crippen LogP contribution in [0.2, 0.25) is 5.02 Å². The molecule has 0 unspecified atom stereocenters. The minimum atomic E-state index is 0. The number of aromatic nitrogens is 2. The predicted octanol–water partition coefficient (Wildman–Crippen LogP) is 3.65. The molecule has 1 N–H and O–H groups in total. The number of hydrogen-bond donors (Lipinski definition) is 1. The van der Waals surface area contributed by atoms with Crippen molar-refractivity contribution in [1.29, 1.82) is 0 Å². The normalized spacial score (nSPS) is 10.1. The van der Waals surface area contributed by atoms with Gasteiger partial charge in [0.15, 0.2) is 5.82 Å². The van der Waals surface area contributed by atoms with Gasteiger partial charge < -0.3 is 10.1 Å². The van der Waals surface area contributed by atoms with Gasteiger partial charge in [-0.15, -0.1) is 24.8 Å². The third-order valence-corrected chi connectivity index (χ3v) is 2.93. The average molecular weight is 339 g/mol. The van der Waals surface area contributed by atoms with Crippen LogP contribution in [0.4, 0.5) is 0 Å². The van der Waals surface area contributed by atoms with Crippen LogP contribution < -0.4 is 0 Å². The standard InChI is InChI=1S/C13H16ClN3O.2ClH/c1-9-12(8-16(2)3)17(18)13(15-9)10-5-4-6-11(14)7-10;;/h4-7,18H,8H2,1-3H3;2*1H. The van der Waals surface area contributed by atoms with Crippen LogP contribution in [0.3, 0.4) is 0 Å². The third kappa shape index (κ3) is 4.03. The first-order chi connectivity index (χ1) is 8.49. The molecule has 112 valence electrons. The van der Waals surface area contributed by atoms with Crippen molar-refractivity contribution in [2.24, 2.45) is 0 Å². The van der Waals surface area contributed by atoms with E-state index in [0.29, 0.717) is 17.4 Å². The fourth-order valence-electron chi connectivity index (χ4n) is 1.85. The van der Waals surface area contributed by atoms with Gasteiger partial charge in [-0.3, -0.25) is 0 Å². The maximum absolute atomic E-state index is 10.2. The smallest absolute Gasteiger partial charge is 0.175 e. The monoisotopic (exact) mass is 337 g/mol. The summed E-state index contributed by atoms with van der Waals surface area (Å²) in [4.78, 5) is 6.39. The van der Waals surface area contributed by atoms with E-state index < -0.39 is 0 Å². The highest BCUT2D eigenvalue weighted by molar-refractivity contribution is 6.30. The molecule has 1 aromatic carbocycles. The summed E-state index contributed by atoms with van der Waals surface area (Å²) in [6, 6.07) is 7.30. The molecule has 0 spiro atoms. The molecule has 4 nitrogen and oxygen atoms in total. The Morgan fingerprint density at radius 2 is 1.95 bits per heavy atom. The topological polar surface area (TPSA) is 41.3 Å². The molecule has 0 amide bonds. The summed E-state index contributed by atoms with van der Waals surface area (Å²) in [7, 11) is 3.90. The van der Waals surface area contributed by atoms with Crippen molar-refractivity contribution in [3.8, 4) is 11.4 Å². The molecule has 0 aliphatic carbocycles. The first-order valence-corrected chi connectivity index (χ1v) is 6.05. The van der Waals surface area contributed by atoms with Gasteiger partial charge in [-0.2, -0.15) is 4.73 Å². The van der Waals surface area contributed by atoms with E-state index in [0.717, 1.165) is 21.7 Å². The molecule has 0 saturated carbocycles. The number of imidazole rings is 1. The van der Waals surface area contributed by atoms with E-state index in [9.17, 15) is 5.21 Å². The molecular formula is C13H18Cl3N3O. The fraction of sp³-hybridized carbons (Fsp3) is 0.308. The van der Waals surface area contributed by atoms with Crippen molar-refractivity contribution in [2.75, 3.05) is 14.1 Å². The van der Waals surface area contributed by atoms with E-state index in [4.69, 9.17) is 11.6 Å². The van der Waals surface area contributed by atoms with Gasteiger partial charge in [0.25, 0.3) is 0 Å². The van der Waals surface area contributed by atoms with Gasteiger partial charge in [-0.25, -0.2) is 4.98 Å². The van der Waals surface area contributed by atoms with Gasteiger partial charge in [0.2, 0.25) is 0 Å². The molecule has 0 fully saturated rings. The van der Waals surface area contributed by atoms with Crippen LogP contribution in [0.15, 0.2) is 24.3 Å². The quantitative estimate of drug-likeness (QED) is 0.868. The van der Waals surface area contributed by atoms with Crippen molar-refractivity contribution in [1.82, 2.24) is 14.6 Å². The van der Waals surface area contributed by atoms with Crippen LogP contribution in [0.25, 0.3) is 11.4 Å². The molecule has 0 aliphatic heterocycles. The number of halogens is 3. The van der Waals surface area contributed by atoms with Crippen LogP contribution >= 0.6 is 36.4 Å². The van der Waals surface area contributed by atoms with E-state index in [1.165, 1.54) is 0 Å². The lowest BCUT2D eigenvalue weighted by Crippen LogP contribution is -2.14.